The van der Waals surface area contributed by atoms with Crippen LogP contribution in [0.25, 0.3) is 0 Å². The fourth-order valence-corrected chi connectivity index (χ4v) is 2.98. The number of hydrogen-bond donors (Lipinski definition) is 0. The molecule has 0 N–H and O–H groups in total. The Kier molecular flexibility index (Phi) is 8.53. The maximum atomic E-state index is 12.6. The molecule has 0 aliphatic carbocycles. The molecule has 0 fully saturated rings. The topological polar surface area (TPSA) is 54.5 Å². The number of Topliss-reactive ketones (excluding diaryl/α,β-unsaturated/α-hetero) is 2. The highest BCUT2D eigenvalue weighted by Gasteiger charge is 2.28. The molecule has 0 aliphatic heterocycles. The van der Waals surface area contributed by atoms with E-state index in [1.165, 1.54) is 11.8 Å². The van der Waals surface area contributed by atoms with Gasteiger partial charge >= 0.3 is 0 Å². The molecule has 1 aromatic rings. The fraction of sp³-hybridized carbons (Fsp3) is 0.571. The second kappa shape index (κ2) is 10.1. The third-order valence-corrected chi connectivity index (χ3v) is 4.89. The van der Waals surface area contributed by atoms with Crippen LogP contribution < -0.4 is 0 Å². The van der Waals surface area contributed by atoms with Crippen LogP contribution in [-0.4, -0.2) is 35.5 Å². The van der Waals surface area contributed by atoms with E-state index < -0.39 is 6.04 Å². The highest BCUT2D eigenvalue weighted by molar-refractivity contribution is 5.92. The number of hydrogen-bond acceptors (Lipinski definition) is 3. The largest absolute Gasteiger partial charge is 0.336 e. The molecular weight excluding hydrogens is 314 g/mol. The fourth-order valence-electron chi connectivity index (χ4n) is 2.98. The molecular formula is C21H31NO3. The summed E-state index contributed by atoms with van der Waals surface area (Å²) in [4.78, 5) is 38.5. The normalized spacial score (nSPS) is 14.4. The van der Waals surface area contributed by atoms with E-state index in [0.717, 1.165) is 18.4 Å². The Labute approximate surface area is 151 Å². The molecule has 138 valence electrons. The minimum Gasteiger partial charge on any atom is -0.336 e. The van der Waals surface area contributed by atoms with E-state index in [1.807, 2.05) is 44.2 Å². The molecule has 3 atom stereocenters. The number of benzene rings is 1. The van der Waals surface area contributed by atoms with Gasteiger partial charge in [-0.25, -0.2) is 0 Å². The highest BCUT2D eigenvalue weighted by atomic mass is 16.2. The number of ketones is 2. The SMILES string of the molecule is CCCC(C)C(=O)N(C)[C@H](C)C(=O)C[C@H](Cc1ccccc1)C(C)=O. The van der Waals surface area contributed by atoms with E-state index in [4.69, 9.17) is 0 Å². The molecule has 4 heteroatoms. The van der Waals surface area contributed by atoms with Crippen molar-refractivity contribution in [1.82, 2.24) is 4.90 Å². The molecule has 0 saturated heterocycles. The van der Waals surface area contributed by atoms with Gasteiger partial charge in [0.05, 0.1) is 6.04 Å². The second-order valence-corrected chi connectivity index (χ2v) is 6.98. The first kappa shape index (κ1) is 21.1. The number of likely N-dealkylation sites (N-methyl/N-ethyl adjacent to an activating group) is 1. The Morgan fingerprint density at radius 3 is 2.20 bits per heavy atom. The van der Waals surface area contributed by atoms with Crippen molar-refractivity contribution in [2.75, 3.05) is 7.05 Å². The summed E-state index contributed by atoms with van der Waals surface area (Å²) < 4.78 is 0. The first-order valence-corrected chi connectivity index (χ1v) is 9.11. The van der Waals surface area contributed by atoms with Crippen molar-refractivity contribution in [3.05, 3.63) is 35.9 Å². The van der Waals surface area contributed by atoms with Gasteiger partial charge in [-0.2, -0.15) is 0 Å². The Bertz CT molecular complexity index is 582. The van der Waals surface area contributed by atoms with Crippen LogP contribution in [0, 0.1) is 11.8 Å². The maximum absolute atomic E-state index is 12.6. The lowest BCUT2D eigenvalue weighted by atomic mass is 9.89. The summed E-state index contributed by atoms with van der Waals surface area (Å²) in [7, 11) is 1.68. The van der Waals surface area contributed by atoms with Gasteiger partial charge in [-0.1, -0.05) is 50.6 Å². The summed E-state index contributed by atoms with van der Waals surface area (Å²) in [6.07, 6.45) is 2.48. The Hall–Kier alpha value is -1.97. The van der Waals surface area contributed by atoms with Crippen molar-refractivity contribution in [3.63, 3.8) is 0 Å². The van der Waals surface area contributed by atoms with Gasteiger partial charge in [0, 0.05) is 25.3 Å². The first-order chi connectivity index (χ1) is 11.8. The van der Waals surface area contributed by atoms with Gasteiger partial charge in [0.1, 0.15) is 5.78 Å². The molecule has 0 aliphatic rings. The van der Waals surface area contributed by atoms with Crippen molar-refractivity contribution in [2.24, 2.45) is 11.8 Å². The highest BCUT2D eigenvalue weighted by Crippen LogP contribution is 2.18. The van der Waals surface area contributed by atoms with Gasteiger partial charge < -0.3 is 4.90 Å². The van der Waals surface area contributed by atoms with Crippen LogP contribution in [0.4, 0.5) is 0 Å². The predicted molar refractivity (Wildman–Crippen MR) is 100 cm³/mol. The minimum atomic E-state index is -0.510. The van der Waals surface area contributed by atoms with Crippen molar-refractivity contribution in [2.45, 2.75) is 59.4 Å². The second-order valence-electron chi connectivity index (χ2n) is 6.98. The van der Waals surface area contributed by atoms with Crippen LogP contribution in [0.3, 0.4) is 0 Å². The molecule has 0 bridgehead atoms. The molecule has 0 spiro atoms. The van der Waals surface area contributed by atoms with E-state index in [9.17, 15) is 14.4 Å². The molecule has 0 aromatic heterocycles. The van der Waals surface area contributed by atoms with Gasteiger partial charge in [0.15, 0.2) is 5.78 Å². The molecule has 1 aromatic carbocycles. The summed E-state index contributed by atoms with van der Waals surface area (Å²) >= 11 is 0. The van der Waals surface area contributed by atoms with Crippen molar-refractivity contribution in [1.29, 1.82) is 0 Å². The van der Waals surface area contributed by atoms with Crippen LogP contribution in [0.15, 0.2) is 30.3 Å². The number of carbonyl (C=O) groups excluding carboxylic acids is 3. The van der Waals surface area contributed by atoms with Crippen LogP contribution in [0.2, 0.25) is 0 Å². The smallest absolute Gasteiger partial charge is 0.225 e. The lowest BCUT2D eigenvalue weighted by Crippen LogP contribution is -2.43. The molecule has 25 heavy (non-hydrogen) atoms. The average Bonchev–Trinajstić information content (AvgIpc) is 2.60. The zero-order valence-electron chi connectivity index (χ0n) is 16.1. The Balaban J connectivity index is 2.72. The van der Waals surface area contributed by atoms with Gasteiger partial charge in [-0.05, 0) is 32.3 Å². The third-order valence-electron chi connectivity index (χ3n) is 4.89. The Morgan fingerprint density at radius 2 is 1.68 bits per heavy atom. The predicted octanol–water partition coefficient (Wildman–Crippen LogP) is 3.68. The summed E-state index contributed by atoms with van der Waals surface area (Å²) in [6, 6.07) is 9.20. The van der Waals surface area contributed by atoms with E-state index in [0.29, 0.717) is 6.42 Å². The minimum absolute atomic E-state index is 0.00913. The third kappa shape index (κ3) is 6.45. The summed E-state index contributed by atoms with van der Waals surface area (Å²) in [5.74, 6) is -0.481. The van der Waals surface area contributed by atoms with Crippen molar-refractivity contribution in [3.8, 4) is 0 Å². The molecule has 0 saturated carbocycles. The summed E-state index contributed by atoms with van der Waals surface area (Å²) in [5, 5.41) is 0. The van der Waals surface area contributed by atoms with Crippen LogP contribution in [0.5, 0.6) is 0 Å². The quantitative estimate of drug-likeness (QED) is 0.650. The number of nitrogens with zero attached hydrogens (tertiary/aromatic N) is 1. The zero-order valence-corrected chi connectivity index (χ0v) is 16.1. The molecule has 0 radical (unpaired) electrons. The first-order valence-electron chi connectivity index (χ1n) is 9.11. The van der Waals surface area contributed by atoms with Crippen LogP contribution in [0.1, 0.15) is 52.5 Å². The molecule has 4 nitrogen and oxygen atoms in total. The van der Waals surface area contributed by atoms with Gasteiger partial charge in [0.2, 0.25) is 5.91 Å². The van der Waals surface area contributed by atoms with Crippen LogP contribution >= 0.6 is 0 Å². The lowest BCUT2D eigenvalue weighted by molar-refractivity contribution is -0.141. The van der Waals surface area contributed by atoms with E-state index >= 15 is 0 Å². The summed E-state index contributed by atoms with van der Waals surface area (Å²) in [6.45, 7) is 7.22. The van der Waals surface area contributed by atoms with Gasteiger partial charge in [-0.3, -0.25) is 14.4 Å². The zero-order chi connectivity index (χ0) is 19.0. The monoisotopic (exact) mass is 345 g/mol. The van der Waals surface area contributed by atoms with Crippen molar-refractivity contribution >= 4 is 17.5 Å². The average molecular weight is 345 g/mol. The molecule has 1 unspecified atom stereocenters. The number of carbonyl (C=O) groups is 3. The summed E-state index contributed by atoms with van der Waals surface area (Å²) in [5.41, 5.74) is 1.05. The number of amides is 1. The van der Waals surface area contributed by atoms with E-state index in [-0.39, 0.29) is 35.7 Å². The molecule has 1 amide bonds. The maximum Gasteiger partial charge on any atom is 0.225 e. The van der Waals surface area contributed by atoms with E-state index in [1.54, 1.807) is 14.0 Å². The Morgan fingerprint density at radius 1 is 1.08 bits per heavy atom. The van der Waals surface area contributed by atoms with Gasteiger partial charge in [0.25, 0.3) is 0 Å². The number of rotatable bonds is 10. The molecule has 0 heterocycles. The van der Waals surface area contributed by atoms with Crippen molar-refractivity contribution < 1.29 is 14.4 Å². The van der Waals surface area contributed by atoms with E-state index in [2.05, 4.69) is 0 Å². The van der Waals surface area contributed by atoms with Gasteiger partial charge in [-0.15, -0.1) is 0 Å². The lowest BCUT2D eigenvalue weighted by Gasteiger charge is -2.27. The standard InChI is InChI=1S/C21H31NO3/c1-6-10-15(2)21(25)22(5)16(3)20(24)14-19(17(4)23)13-18-11-8-7-9-12-18/h7-9,11-12,15-16,19H,6,10,13-14H2,1-5H3/t15?,16-,19+/m1/s1. The molecule has 1 rings (SSSR count). The van der Waals surface area contributed by atoms with Crippen LogP contribution in [-0.2, 0) is 20.8 Å².